The summed E-state index contributed by atoms with van der Waals surface area (Å²) in [6, 6.07) is 1.96. The number of hydrogen-bond donors (Lipinski definition) is 1. The van der Waals surface area contributed by atoms with Gasteiger partial charge < -0.3 is 14.4 Å². The summed E-state index contributed by atoms with van der Waals surface area (Å²) in [7, 11) is 1.29. The number of benzene rings is 1. The molecule has 3 heterocycles. The van der Waals surface area contributed by atoms with Gasteiger partial charge in [0.25, 0.3) is 5.56 Å². The molecule has 0 spiro atoms. The number of H-pyrrole nitrogens is 1. The van der Waals surface area contributed by atoms with Gasteiger partial charge in [0, 0.05) is 12.1 Å². The Morgan fingerprint density at radius 3 is 2.75 bits per heavy atom. The second-order valence-corrected chi connectivity index (χ2v) is 7.13. The number of halogens is 5. The molecule has 2 aromatic heterocycles. The first-order chi connectivity index (χ1) is 15.2. The number of fused-ring (bicyclic) bond motifs is 1. The molecule has 1 aliphatic heterocycles. The maximum atomic E-state index is 13.4. The standard InChI is InChI=1S/C19H14ClF4N5O3/c1-31-18-26-12-8-29(13-7-25-28-16(30)15(13)20)5-4-10(12)17(27-18)32-14-3-2-9(21)6-11(14)19(22,23)24/h2-3,6-7H,4-5,8H2,1H3,(H,28,30). The zero-order valence-electron chi connectivity index (χ0n) is 16.3. The number of methoxy groups -OCH3 is 1. The average molecular weight is 472 g/mol. The van der Waals surface area contributed by atoms with E-state index in [1.54, 1.807) is 4.90 Å². The van der Waals surface area contributed by atoms with Gasteiger partial charge in [-0.1, -0.05) is 11.6 Å². The molecule has 0 amide bonds. The van der Waals surface area contributed by atoms with Crippen LogP contribution >= 0.6 is 11.6 Å². The van der Waals surface area contributed by atoms with Crippen molar-refractivity contribution in [3.05, 3.63) is 62.4 Å². The Kier molecular flexibility index (Phi) is 5.63. The fraction of sp³-hybridized carbons (Fsp3) is 0.263. The van der Waals surface area contributed by atoms with E-state index in [0.717, 1.165) is 12.1 Å². The highest BCUT2D eigenvalue weighted by Crippen LogP contribution is 2.40. The molecule has 0 unspecified atom stereocenters. The molecule has 32 heavy (non-hydrogen) atoms. The Hall–Kier alpha value is -3.41. The lowest BCUT2D eigenvalue weighted by molar-refractivity contribution is -0.138. The molecule has 1 aliphatic rings. The minimum Gasteiger partial charge on any atom is -0.467 e. The molecule has 13 heteroatoms. The number of hydrogen-bond acceptors (Lipinski definition) is 7. The summed E-state index contributed by atoms with van der Waals surface area (Å²) < 4.78 is 64.1. The van der Waals surface area contributed by atoms with Crippen molar-refractivity contribution in [3.8, 4) is 17.6 Å². The average Bonchev–Trinajstić information content (AvgIpc) is 2.75. The fourth-order valence-electron chi connectivity index (χ4n) is 3.27. The summed E-state index contributed by atoms with van der Waals surface area (Å²) in [6.45, 7) is 0.477. The van der Waals surface area contributed by atoms with E-state index in [0.29, 0.717) is 29.6 Å². The minimum absolute atomic E-state index is 0.0536. The lowest BCUT2D eigenvalue weighted by Crippen LogP contribution is -2.33. The third-order valence-corrected chi connectivity index (χ3v) is 5.13. The molecule has 0 fully saturated rings. The molecule has 3 aromatic rings. The highest BCUT2D eigenvalue weighted by molar-refractivity contribution is 6.33. The van der Waals surface area contributed by atoms with Crippen LogP contribution in [0, 0.1) is 5.82 Å². The minimum atomic E-state index is -4.84. The van der Waals surface area contributed by atoms with Gasteiger partial charge >= 0.3 is 12.2 Å². The number of ether oxygens (including phenoxy) is 2. The summed E-state index contributed by atoms with van der Waals surface area (Å²) in [6.07, 6.45) is -3.19. The Morgan fingerprint density at radius 2 is 2.03 bits per heavy atom. The van der Waals surface area contributed by atoms with Crippen LogP contribution in [0.1, 0.15) is 16.8 Å². The highest BCUT2D eigenvalue weighted by atomic mass is 35.5. The number of nitrogens with zero attached hydrogens (tertiary/aromatic N) is 4. The van der Waals surface area contributed by atoms with Crippen molar-refractivity contribution in [1.29, 1.82) is 0 Å². The molecular weight excluding hydrogens is 458 g/mol. The van der Waals surface area contributed by atoms with Crippen LogP contribution in [0.3, 0.4) is 0 Å². The van der Waals surface area contributed by atoms with Crippen LogP contribution in [0.4, 0.5) is 23.2 Å². The third kappa shape index (κ3) is 4.17. The van der Waals surface area contributed by atoms with E-state index in [2.05, 4.69) is 20.2 Å². The molecule has 168 valence electrons. The molecule has 0 radical (unpaired) electrons. The van der Waals surface area contributed by atoms with Crippen molar-refractivity contribution >= 4 is 17.3 Å². The van der Waals surface area contributed by atoms with Crippen LogP contribution in [0.25, 0.3) is 0 Å². The number of aromatic nitrogens is 4. The lowest BCUT2D eigenvalue weighted by atomic mass is 10.1. The number of rotatable bonds is 4. The molecule has 1 aromatic carbocycles. The second kappa shape index (κ2) is 8.26. The molecule has 0 saturated heterocycles. The third-order valence-electron chi connectivity index (χ3n) is 4.76. The second-order valence-electron chi connectivity index (χ2n) is 6.75. The molecule has 1 N–H and O–H groups in total. The van der Waals surface area contributed by atoms with E-state index in [1.165, 1.54) is 13.3 Å². The Balaban J connectivity index is 1.73. The van der Waals surface area contributed by atoms with Crippen molar-refractivity contribution in [2.24, 2.45) is 0 Å². The van der Waals surface area contributed by atoms with E-state index in [9.17, 15) is 22.4 Å². The first-order valence-corrected chi connectivity index (χ1v) is 9.51. The topological polar surface area (TPSA) is 93.2 Å². The van der Waals surface area contributed by atoms with Gasteiger partial charge in [-0.15, -0.1) is 0 Å². The van der Waals surface area contributed by atoms with E-state index >= 15 is 0 Å². The summed E-state index contributed by atoms with van der Waals surface area (Å²) >= 11 is 6.08. The van der Waals surface area contributed by atoms with Gasteiger partial charge in [-0.3, -0.25) is 4.79 Å². The number of aromatic amines is 1. The van der Waals surface area contributed by atoms with Gasteiger partial charge in [0.2, 0.25) is 5.88 Å². The van der Waals surface area contributed by atoms with Gasteiger partial charge in [0.1, 0.15) is 22.2 Å². The fourth-order valence-corrected chi connectivity index (χ4v) is 3.48. The zero-order chi connectivity index (χ0) is 23.0. The van der Waals surface area contributed by atoms with Crippen molar-refractivity contribution in [1.82, 2.24) is 20.2 Å². The molecule has 0 bridgehead atoms. The molecular formula is C19H14ClF4N5O3. The first-order valence-electron chi connectivity index (χ1n) is 9.14. The normalized spacial score (nSPS) is 13.6. The summed E-state index contributed by atoms with van der Waals surface area (Å²) in [4.78, 5) is 21.8. The Bertz CT molecular complexity index is 1230. The predicted octanol–water partition coefficient (Wildman–Crippen LogP) is 3.73. The van der Waals surface area contributed by atoms with E-state index < -0.39 is 28.9 Å². The zero-order valence-corrected chi connectivity index (χ0v) is 17.1. The van der Waals surface area contributed by atoms with Crippen molar-refractivity contribution < 1.29 is 27.0 Å². The van der Waals surface area contributed by atoms with E-state index in [1.807, 2.05) is 0 Å². The number of nitrogens with one attached hydrogen (secondary N) is 1. The largest absolute Gasteiger partial charge is 0.467 e. The molecule has 4 rings (SSSR count). The quantitative estimate of drug-likeness (QED) is 0.579. The number of alkyl halides is 3. The maximum absolute atomic E-state index is 13.4. The summed E-state index contributed by atoms with van der Waals surface area (Å²) in [5, 5.41) is 5.91. The van der Waals surface area contributed by atoms with Gasteiger partial charge in [0.05, 0.1) is 31.2 Å². The van der Waals surface area contributed by atoms with Crippen LogP contribution in [-0.2, 0) is 19.1 Å². The maximum Gasteiger partial charge on any atom is 0.420 e. The smallest absolute Gasteiger partial charge is 0.420 e. The van der Waals surface area contributed by atoms with Crippen LogP contribution in [0.2, 0.25) is 5.02 Å². The molecule has 0 saturated carbocycles. The van der Waals surface area contributed by atoms with Crippen LogP contribution in [-0.4, -0.2) is 33.8 Å². The highest BCUT2D eigenvalue weighted by Gasteiger charge is 2.36. The number of anilines is 1. The summed E-state index contributed by atoms with van der Waals surface area (Å²) in [5.41, 5.74) is -0.601. The van der Waals surface area contributed by atoms with E-state index in [-0.39, 0.29) is 29.9 Å². The van der Waals surface area contributed by atoms with Crippen LogP contribution < -0.4 is 19.9 Å². The Morgan fingerprint density at radius 1 is 1.25 bits per heavy atom. The molecule has 0 atom stereocenters. The SMILES string of the molecule is COc1nc2c(c(Oc3ccc(F)cc3C(F)(F)F)n1)CCN(c1cn[nH]c(=O)c1Cl)C2. The van der Waals surface area contributed by atoms with Crippen molar-refractivity contribution in [2.75, 3.05) is 18.6 Å². The first kappa shape index (κ1) is 21.8. The van der Waals surface area contributed by atoms with Gasteiger partial charge in [-0.25, -0.2) is 9.49 Å². The molecule has 8 nitrogen and oxygen atoms in total. The predicted molar refractivity (Wildman–Crippen MR) is 105 cm³/mol. The van der Waals surface area contributed by atoms with Crippen molar-refractivity contribution in [2.45, 2.75) is 19.1 Å². The van der Waals surface area contributed by atoms with Crippen molar-refractivity contribution in [3.63, 3.8) is 0 Å². The molecule has 0 aliphatic carbocycles. The van der Waals surface area contributed by atoms with Gasteiger partial charge in [0.15, 0.2) is 0 Å². The van der Waals surface area contributed by atoms with Crippen LogP contribution in [0.5, 0.6) is 17.6 Å². The van der Waals surface area contributed by atoms with Gasteiger partial charge in [-0.05, 0) is 24.6 Å². The lowest BCUT2D eigenvalue weighted by Gasteiger charge is -2.30. The Labute approximate surface area is 182 Å². The van der Waals surface area contributed by atoms with E-state index in [4.69, 9.17) is 21.1 Å². The monoisotopic (exact) mass is 471 g/mol. The van der Waals surface area contributed by atoms with Gasteiger partial charge in [-0.2, -0.15) is 28.2 Å². The van der Waals surface area contributed by atoms with Crippen LogP contribution in [0.15, 0.2) is 29.2 Å². The summed E-state index contributed by atoms with van der Waals surface area (Å²) in [5.74, 6) is -1.80.